The van der Waals surface area contributed by atoms with Crippen LogP contribution in [0.5, 0.6) is 5.75 Å². The second kappa shape index (κ2) is 7.85. The number of pyridine rings is 2. The average molecular weight is 428 g/mol. The lowest BCUT2D eigenvalue weighted by Crippen LogP contribution is -2.14. The van der Waals surface area contributed by atoms with Crippen molar-refractivity contribution in [3.05, 3.63) is 93.5 Å². The van der Waals surface area contributed by atoms with Gasteiger partial charge in [0.1, 0.15) is 22.9 Å². The number of hydrogen-bond acceptors (Lipinski definition) is 4. The molecule has 2 heterocycles. The van der Waals surface area contributed by atoms with Crippen LogP contribution in [0.3, 0.4) is 0 Å². The lowest BCUT2D eigenvalue weighted by atomic mass is 9.96. The first kappa shape index (κ1) is 19.4. The summed E-state index contributed by atoms with van der Waals surface area (Å²) in [5.74, 6) is 0.0942. The van der Waals surface area contributed by atoms with Crippen LogP contribution in [0.15, 0.2) is 60.9 Å². The SMILES string of the molecule is Cc1cc(NC(c2cc(Cl)cc(Cl)c2)c2ccc3cccnc3c2O)ncc1F. The van der Waals surface area contributed by atoms with Crippen molar-refractivity contribution in [3.63, 3.8) is 0 Å². The molecule has 7 heteroatoms. The largest absolute Gasteiger partial charge is 0.505 e. The van der Waals surface area contributed by atoms with Gasteiger partial charge in [0.25, 0.3) is 0 Å². The van der Waals surface area contributed by atoms with E-state index in [2.05, 4.69) is 15.3 Å². The van der Waals surface area contributed by atoms with E-state index in [0.29, 0.717) is 32.5 Å². The summed E-state index contributed by atoms with van der Waals surface area (Å²) >= 11 is 12.4. The van der Waals surface area contributed by atoms with E-state index >= 15 is 0 Å². The minimum atomic E-state index is -0.546. The number of anilines is 1. The van der Waals surface area contributed by atoms with Crippen LogP contribution >= 0.6 is 23.2 Å². The number of aromatic nitrogens is 2. The monoisotopic (exact) mass is 427 g/mol. The molecule has 0 saturated carbocycles. The van der Waals surface area contributed by atoms with Gasteiger partial charge in [-0.1, -0.05) is 41.4 Å². The van der Waals surface area contributed by atoms with Crippen molar-refractivity contribution >= 4 is 39.9 Å². The van der Waals surface area contributed by atoms with Gasteiger partial charge < -0.3 is 10.4 Å². The molecule has 29 heavy (non-hydrogen) atoms. The maximum atomic E-state index is 13.7. The Bertz CT molecular complexity index is 1200. The van der Waals surface area contributed by atoms with Crippen molar-refractivity contribution in [2.45, 2.75) is 13.0 Å². The lowest BCUT2D eigenvalue weighted by molar-refractivity contribution is 0.471. The number of phenols is 1. The highest BCUT2D eigenvalue weighted by Gasteiger charge is 2.21. The molecule has 2 aromatic heterocycles. The third kappa shape index (κ3) is 3.97. The first-order chi connectivity index (χ1) is 13.9. The van der Waals surface area contributed by atoms with Gasteiger partial charge in [-0.2, -0.15) is 0 Å². The third-order valence-corrected chi connectivity index (χ3v) is 5.08. The molecule has 0 aliphatic heterocycles. The molecule has 2 N–H and O–H groups in total. The number of nitrogens with zero attached hydrogens (tertiary/aromatic N) is 2. The second-order valence-corrected chi connectivity index (χ2v) is 7.55. The van der Waals surface area contributed by atoms with Crippen LogP contribution in [0.4, 0.5) is 10.2 Å². The zero-order valence-electron chi connectivity index (χ0n) is 15.3. The fourth-order valence-corrected chi connectivity index (χ4v) is 3.77. The van der Waals surface area contributed by atoms with Gasteiger partial charge in [-0.05, 0) is 48.4 Å². The van der Waals surface area contributed by atoms with Crippen LogP contribution in [-0.2, 0) is 0 Å². The second-order valence-electron chi connectivity index (χ2n) is 6.68. The predicted octanol–water partition coefficient (Wildman–Crippen LogP) is 6.29. The summed E-state index contributed by atoms with van der Waals surface area (Å²) in [6.45, 7) is 1.66. The molecular formula is C22H16Cl2FN3O. The normalized spacial score (nSPS) is 12.1. The summed E-state index contributed by atoms with van der Waals surface area (Å²) in [6.07, 6.45) is 2.77. The molecule has 0 spiro atoms. The van der Waals surface area contributed by atoms with Gasteiger partial charge in [-0.25, -0.2) is 9.37 Å². The number of rotatable bonds is 4. The third-order valence-electron chi connectivity index (χ3n) is 4.65. The summed E-state index contributed by atoms with van der Waals surface area (Å²) < 4.78 is 13.7. The number of phenolic OH excluding ortho intramolecular Hbond substituents is 1. The van der Waals surface area contributed by atoms with Crippen LogP contribution in [-0.4, -0.2) is 15.1 Å². The minimum Gasteiger partial charge on any atom is -0.505 e. The van der Waals surface area contributed by atoms with E-state index in [0.717, 1.165) is 17.1 Å². The number of nitrogens with one attached hydrogen (secondary N) is 1. The van der Waals surface area contributed by atoms with Crippen LogP contribution in [0, 0.1) is 12.7 Å². The van der Waals surface area contributed by atoms with Crippen molar-refractivity contribution in [1.82, 2.24) is 9.97 Å². The maximum Gasteiger partial charge on any atom is 0.147 e. The van der Waals surface area contributed by atoms with Crippen LogP contribution < -0.4 is 5.32 Å². The molecule has 4 nitrogen and oxygen atoms in total. The zero-order chi connectivity index (χ0) is 20.5. The standard InChI is InChI=1S/C22H16Cl2FN3O/c1-12-7-19(27-11-18(12)25)28-20(14-8-15(23)10-16(24)9-14)17-5-4-13-3-2-6-26-21(13)22(17)29/h2-11,20,29H,1H3,(H,27,28). The minimum absolute atomic E-state index is 0.0375. The number of aryl methyl sites for hydroxylation is 1. The molecule has 1 unspecified atom stereocenters. The molecule has 4 aromatic rings. The molecule has 146 valence electrons. The Kier molecular flexibility index (Phi) is 5.26. The molecular weight excluding hydrogens is 412 g/mol. The summed E-state index contributed by atoms with van der Waals surface area (Å²) in [5.41, 5.74) is 2.22. The molecule has 0 radical (unpaired) electrons. The highest BCUT2D eigenvalue weighted by molar-refractivity contribution is 6.34. The molecule has 4 rings (SSSR count). The van der Waals surface area contributed by atoms with E-state index < -0.39 is 11.9 Å². The van der Waals surface area contributed by atoms with Crippen LogP contribution in [0.25, 0.3) is 10.9 Å². The fraction of sp³-hybridized carbons (Fsp3) is 0.0909. The molecule has 0 bridgehead atoms. The topological polar surface area (TPSA) is 58.0 Å². The van der Waals surface area contributed by atoms with E-state index in [9.17, 15) is 9.50 Å². The highest BCUT2D eigenvalue weighted by Crippen LogP contribution is 2.37. The van der Waals surface area contributed by atoms with Gasteiger partial charge in [-0.3, -0.25) is 4.98 Å². The highest BCUT2D eigenvalue weighted by atomic mass is 35.5. The molecule has 2 aromatic carbocycles. The summed E-state index contributed by atoms with van der Waals surface area (Å²) in [6, 6.07) is 13.6. The van der Waals surface area contributed by atoms with E-state index in [-0.39, 0.29) is 5.75 Å². The van der Waals surface area contributed by atoms with Crippen molar-refractivity contribution in [2.24, 2.45) is 0 Å². The van der Waals surface area contributed by atoms with Crippen molar-refractivity contribution in [3.8, 4) is 5.75 Å². The number of aromatic hydroxyl groups is 1. The fourth-order valence-electron chi connectivity index (χ4n) is 3.23. The van der Waals surface area contributed by atoms with Gasteiger partial charge in [-0.15, -0.1) is 0 Å². The van der Waals surface area contributed by atoms with E-state index in [1.54, 1.807) is 43.5 Å². The molecule has 0 fully saturated rings. The lowest BCUT2D eigenvalue weighted by Gasteiger charge is -2.22. The Labute approximate surface area is 177 Å². The van der Waals surface area contributed by atoms with Crippen LogP contribution in [0.2, 0.25) is 10.0 Å². The zero-order valence-corrected chi connectivity index (χ0v) is 16.8. The van der Waals surface area contributed by atoms with E-state index in [1.807, 2.05) is 18.2 Å². The average Bonchev–Trinajstić information content (AvgIpc) is 2.69. The molecule has 0 aliphatic rings. The van der Waals surface area contributed by atoms with Crippen LogP contribution in [0.1, 0.15) is 22.7 Å². The van der Waals surface area contributed by atoms with Gasteiger partial charge in [0, 0.05) is 27.2 Å². The summed E-state index contributed by atoms with van der Waals surface area (Å²) in [7, 11) is 0. The smallest absolute Gasteiger partial charge is 0.147 e. The maximum absolute atomic E-state index is 13.7. The van der Waals surface area contributed by atoms with Gasteiger partial charge in [0.15, 0.2) is 0 Å². The number of hydrogen-bond donors (Lipinski definition) is 2. The van der Waals surface area contributed by atoms with Crippen molar-refractivity contribution in [2.75, 3.05) is 5.32 Å². The Balaban J connectivity index is 1.88. The summed E-state index contributed by atoms with van der Waals surface area (Å²) in [5, 5.41) is 15.9. The van der Waals surface area contributed by atoms with E-state index in [1.165, 1.54) is 0 Å². The molecule has 0 amide bonds. The number of halogens is 3. The van der Waals surface area contributed by atoms with Gasteiger partial charge >= 0.3 is 0 Å². The molecule has 1 atom stereocenters. The summed E-state index contributed by atoms with van der Waals surface area (Å²) in [4.78, 5) is 8.41. The van der Waals surface area contributed by atoms with E-state index in [4.69, 9.17) is 23.2 Å². The number of benzene rings is 2. The Morgan fingerprint density at radius 2 is 1.79 bits per heavy atom. The first-order valence-corrected chi connectivity index (χ1v) is 9.59. The number of fused-ring (bicyclic) bond motifs is 1. The van der Waals surface area contributed by atoms with Crippen molar-refractivity contribution < 1.29 is 9.50 Å². The van der Waals surface area contributed by atoms with Gasteiger partial charge in [0.05, 0.1) is 12.2 Å². The Morgan fingerprint density at radius 1 is 1.03 bits per heavy atom. The molecule has 0 saturated heterocycles. The predicted molar refractivity (Wildman–Crippen MR) is 114 cm³/mol. The molecule has 0 aliphatic carbocycles. The van der Waals surface area contributed by atoms with Gasteiger partial charge in [0.2, 0.25) is 0 Å². The quantitative estimate of drug-likeness (QED) is 0.401. The first-order valence-electron chi connectivity index (χ1n) is 8.83. The Hall–Kier alpha value is -2.89. The van der Waals surface area contributed by atoms with Crippen molar-refractivity contribution in [1.29, 1.82) is 0 Å². The Morgan fingerprint density at radius 3 is 2.52 bits per heavy atom.